The van der Waals surface area contributed by atoms with Crippen molar-refractivity contribution >= 4 is 13.0 Å². The van der Waals surface area contributed by atoms with Gasteiger partial charge in [-0.1, -0.05) is 18.2 Å². The molecule has 3 N–H and O–H groups in total. The number of ether oxygens (including phenoxy) is 1. The normalized spacial score (nSPS) is 11.8. The van der Waals surface area contributed by atoms with Gasteiger partial charge >= 0.3 is 7.12 Å². The maximum Gasteiger partial charge on any atom is 0.480 e. The van der Waals surface area contributed by atoms with Gasteiger partial charge in [0.15, 0.2) is 0 Å². The van der Waals surface area contributed by atoms with E-state index in [1.165, 1.54) is 14.0 Å². The van der Waals surface area contributed by atoms with Crippen molar-refractivity contribution in [2.75, 3.05) is 7.11 Å². The van der Waals surface area contributed by atoms with E-state index >= 15 is 0 Å². The molecule has 0 radical (unpaired) electrons. The summed E-state index contributed by atoms with van der Waals surface area (Å²) in [6.07, 6.45) is 0. The third-order valence-corrected chi connectivity index (χ3v) is 2.13. The van der Waals surface area contributed by atoms with Crippen LogP contribution < -0.4 is 10.1 Å². The minimum atomic E-state index is -1.68. The fourth-order valence-electron chi connectivity index (χ4n) is 1.46. The van der Waals surface area contributed by atoms with Gasteiger partial charge in [0.1, 0.15) is 5.75 Å². The summed E-state index contributed by atoms with van der Waals surface area (Å²) in [7, 11) is -0.201. The highest BCUT2D eigenvalue weighted by Crippen LogP contribution is 2.25. The van der Waals surface area contributed by atoms with Crippen LogP contribution in [0.2, 0.25) is 0 Å². The molecule has 0 aliphatic rings. The molecule has 0 aliphatic carbocycles. The van der Waals surface area contributed by atoms with Crippen LogP contribution in [0, 0.1) is 0 Å². The van der Waals surface area contributed by atoms with E-state index in [9.17, 15) is 14.8 Å². The summed E-state index contributed by atoms with van der Waals surface area (Å²) >= 11 is 0. The minimum Gasteiger partial charge on any atom is -0.496 e. The van der Waals surface area contributed by atoms with Crippen LogP contribution in [0.4, 0.5) is 0 Å². The maximum atomic E-state index is 11.0. The van der Waals surface area contributed by atoms with Crippen LogP contribution >= 0.6 is 0 Å². The van der Waals surface area contributed by atoms with Crippen LogP contribution in [0.25, 0.3) is 0 Å². The zero-order valence-electron chi connectivity index (χ0n) is 9.18. The van der Waals surface area contributed by atoms with E-state index in [4.69, 9.17) is 4.74 Å². The second-order valence-electron chi connectivity index (χ2n) is 3.33. The molecule has 1 unspecified atom stereocenters. The van der Waals surface area contributed by atoms with Crippen LogP contribution in [0.1, 0.15) is 18.4 Å². The number of carbonyl (C=O) groups excluding carboxylic acids is 1. The Morgan fingerprint density at radius 1 is 1.44 bits per heavy atom. The van der Waals surface area contributed by atoms with Crippen LogP contribution in [0.5, 0.6) is 5.75 Å². The molecule has 6 heteroatoms. The van der Waals surface area contributed by atoms with Crippen molar-refractivity contribution in [2.45, 2.75) is 12.9 Å². The topological polar surface area (TPSA) is 78.8 Å². The second kappa shape index (κ2) is 5.53. The van der Waals surface area contributed by atoms with Crippen molar-refractivity contribution < 1.29 is 19.6 Å². The Morgan fingerprint density at radius 3 is 2.56 bits per heavy atom. The van der Waals surface area contributed by atoms with Gasteiger partial charge in [-0.15, -0.1) is 0 Å². The van der Waals surface area contributed by atoms with Gasteiger partial charge in [-0.05, 0) is 6.07 Å². The number of methoxy groups -OCH3 is 1. The molecule has 0 aromatic heterocycles. The summed E-state index contributed by atoms with van der Waals surface area (Å²) in [6.45, 7) is 1.31. The lowest BCUT2D eigenvalue weighted by atomic mass is 9.75. The molecule has 1 aromatic carbocycles. The summed E-state index contributed by atoms with van der Waals surface area (Å²) in [6, 6.07) is 6.84. The molecule has 1 aromatic rings. The summed E-state index contributed by atoms with van der Waals surface area (Å²) in [4.78, 5) is 11.0. The van der Waals surface area contributed by atoms with E-state index in [2.05, 4.69) is 5.32 Å². The van der Waals surface area contributed by atoms with Crippen LogP contribution in [-0.4, -0.2) is 30.2 Å². The van der Waals surface area contributed by atoms with Gasteiger partial charge in [0.05, 0.1) is 13.1 Å². The quantitative estimate of drug-likeness (QED) is 0.622. The van der Waals surface area contributed by atoms with Crippen molar-refractivity contribution in [1.29, 1.82) is 0 Å². The Balaban J connectivity index is 3.05. The average Bonchev–Trinajstić information content (AvgIpc) is 2.25. The summed E-state index contributed by atoms with van der Waals surface area (Å²) in [5.74, 6) is -0.744. The molecule has 0 heterocycles. The largest absolute Gasteiger partial charge is 0.496 e. The summed E-state index contributed by atoms with van der Waals surface area (Å²) in [5, 5.41) is 20.9. The van der Waals surface area contributed by atoms with Crippen molar-refractivity contribution in [3.8, 4) is 5.75 Å². The lowest BCUT2D eigenvalue weighted by molar-refractivity contribution is -0.119. The molecular weight excluding hydrogens is 209 g/mol. The van der Waals surface area contributed by atoms with E-state index in [1.807, 2.05) is 0 Å². The minimum absolute atomic E-state index is 0.344. The number of nitrogens with one attached hydrogen (secondary N) is 1. The zero-order valence-corrected chi connectivity index (χ0v) is 9.18. The number of rotatable bonds is 4. The first-order chi connectivity index (χ1) is 7.56. The van der Waals surface area contributed by atoms with E-state index in [0.717, 1.165) is 0 Å². The van der Waals surface area contributed by atoms with Gasteiger partial charge in [-0.25, -0.2) is 0 Å². The molecule has 1 amide bonds. The highest BCUT2D eigenvalue weighted by Gasteiger charge is 2.28. The number of benzene rings is 1. The molecule has 16 heavy (non-hydrogen) atoms. The molecule has 0 aliphatic heterocycles. The van der Waals surface area contributed by atoms with Crippen molar-refractivity contribution in [3.63, 3.8) is 0 Å². The van der Waals surface area contributed by atoms with Gasteiger partial charge in [0.25, 0.3) is 0 Å². The van der Waals surface area contributed by atoms with E-state index in [1.54, 1.807) is 24.3 Å². The number of amides is 1. The molecule has 1 rings (SSSR count). The molecular formula is C10H14BNO4. The van der Waals surface area contributed by atoms with Crippen molar-refractivity contribution in [3.05, 3.63) is 29.8 Å². The van der Waals surface area contributed by atoms with Crippen LogP contribution in [0.15, 0.2) is 24.3 Å². The molecule has 1 atom stereocenters. The molecule has 0 bridgehead atoms. The first kappa shape index (κ1) is 12.5. The number of para-hydroxylation sites is 1. The van der Waals surface area contributed by atoms with Gasteiger partial charge in [0, 0.05) is 12.5 Å². The predicted molar refractivity (Wildman–Crippen MR) is 59.7 cm³/mol. The highest BCUT2D eigenvalue weighted by atomic mass is 16.5. The van der Waals surface area contributed by atoms with Gasteiger partial charge < -0.3 is 20.1 Å². The Hall–Kier alpha value is -1.53. The standard InChI is InChI=1S/C10H14BNO4/c1-7(13)12-10(11(14)15)8-5-3-4-6-9(8)16-2/h3-6,10,14-15H,1-2H3,(H,12,13). The molecule has 0 saturated heterocycles. The second-order valence-corrected chi connectivity index (χ2v) is 3.33. The zero-order chi connectivity index (χ0) is 12.1. The van der Waals surface area contributed by atoms with E-state index < -0.39 is 13.1 Å². The third-order valence-electron chi connectivity index (χ3n) is 2.13. The Labute approximate surface area is 94.2 Å². The van der Waals surface area contributed by atoms with Gasteiger partial charge in [-0.3, -0.25) is 4.79 Å². The fourth-order valence-corrected chi connectivity index (χ4v) is 1.46. The Bertz CT molecular complexity index is 370. The van der Waals surface area contributed by atoms with Crippen LogP contribution in [0.3, 0.4) is 0 Å². The Morgan fingerprint density at radius 2 is 2.06 bits per heavy atom. The van der Waals surface area contributed by atoms with Crippen molar-refractivity contribution in [2.24, 2.45) is 0 Å². The lowest BCUT2D eigenvalue weighted by Crippen LogP contribution is -2.38. The Kier molecular flexibility index (Phi) is 4.33. The predicted octanol–water partition coefficient (Wildman–Crippen LogP) is -0.116. The molecule has 0 saturated carbocycles. The average molecular weight is 223 g/mol. The van der Waals surface area contributed by atoms with Gasteiger partial charge in [-0.2, -0.15) is 0 Å². The van der Waals surface area contributed by atoms with Gasteiger partial charge in [0.2, 0.25) is 5.91 Å². The summed E-state index contributed by atoms with van der Waals surface area (Å²) < 4.78 is 5.08. The van der Waals surface area contributed by atoms with E-state index in [-0.39, 0.29) is 5.91 Å². The molecule has 86 valence electrons. The monoisotopic (exact) mass is 223 g/mol. The van der Waals surface area contributed by atoms with Crippen molar-refractivity contribution in [1.82, 2.24) is 5.32 Å². The smallest absolute Gasteiger partial charge is 0.480 e. The lowest BCUT2D eigenvalue weighted by Gasteiger charge is -2.19. The molecule has 0 spiro atoms. The highest BCUT2D eigenvalue weighted by molar-refractivity contribution is 6.43. The third kappa shape index (κ3) is 2.98. The molecule has 5 nitrogen and oxygen atoms in total. The van der Waals surface area contributed by atoms with E-state index in [0.29, 0.717) is 11.3 Å². The first-order valence-electron chi connectivity index (χ1n) is 4.82. The maximum absolute atomic E-state index is 11.0. The first-order valence-corrected chi connectivity index (χ1v) is 4.82. The SMILES string of the molecule is COc1ccccc1C(NC(C)=O)B(O)O. The fraction of sp³-hybridized carbons (Fsp3) is 0.300. The summed E-state index contributed by atoms with van der Waals surface area (Å²) in [5.41, 5.74) is 0.523. The number of hydrogen-bond donors (Lipinski definition) is 3. The number of carbonyl (C=O) groups is 1. The number of hydrogen-bond acceptors (Lipinski definition) is 4. The molecule has 0 fully saturated rings. The van der Waals surface area contributed by atoms with Crippen LogP contribution in [-0.2, 0) is 4.79 Å².